The van der Waals surface area contributed by atoms with Gasteiger partial charge in [-0.3, -0.25) is 14.6 Å². The number of carbonyl (C=O) groups is 1. The fourth-order valence-electron chi connectivity index (χ4n) is 2.71. The molecule has 0 unspecified atom stereocenters. The molecule has 25 heavy (non-hydrogen) atoms. The molecule has 0 saturated heterocycles. The topological polar surface area (TPSA) is 36.4 Å². The highest BCUT2D eigenvalue weighted by atomic mass is 35.5. The molecule has 130 valence electrons. The zero-order chi connectivity index (χ0) is 17.8. The van der Waals surface area contributed by atoms with Crippen LogP contribution in [0.4, 0.5) is 5.13 Å². The molecule has 6 heteroatoms. The molecule has 0 N–H and O–H groups in total. The maximum absolute atomic E-state index is 12.7. The summed E-state index contributed by atoms with van der Waals surface area (Å²) in [6.07, 6.45) is 0. The van der Waals surface area contributed by atoms with Crippen molar-refractivity contribution in [2.45, 2.75) is 13.5 Å². The van der Waals surface area contributed by atoms with Crippen molar-refractivity contribution in [2.24, 2.45) is 0 Å². The zero-order valence-electron chi connectivity index (χ0n) is 14.3. The lowest BCUT2D eigenvalue weighted by Crippen LogP contribution is -2.38. The van der Waals surface area contributed by atoms with Crippen molar-refractivity contribution < 1.29 is 4.79 Å². The van der Waals surface area contributed by atoms with E-state index in [1.165, 1.54) is 0 Å². The lowest BCUT2D eigenvalue weighted by Gasteiger charge is -2.22. The monoisotopic (exact) mass is 373 g/mol. The van der Waals surface area contributed by atoms with Crippen LogP contribution in [0.5, 0.6) is 0 Å². The average molecular weight is 374 g/mol. The Bertz CT molecular complexity index is 847. The highest BCUT2D eigenvalue weighted by Gasteiger charge is 2.19. The second kappa shape index (κ2) is 7.95. The van der Waals surface area contributed by atoms with Gasteiger partial charge < -0.3 is 0 Å². The van der Waals surface area contributed by atoms with Gasteiger partial charge in [-0.05, 0) is 43.8 Å². The molecular formula is C19H20ClN3OS. The van der Waals surface area contributed by atoms with Crippen LogP contribution in [0.25, 0.3) is 10.2 Å². The molecule has 0 fully saturated rings. The van der Waals surface area contributed by atoms with Crippen molar-refractivity contribution in [1.82, 2.24) is 9.88 Å². The third-order valence-electron chi connectivity index (χ3n) is 3.88. The molecule has 1 aromatic heterocycles. The van der Waals surface area contributed by atoms with Crippen LogP contribution in [0.1, 0.15) is 12.5 Å². The van der Waals surface area contributed by atoms with Gasteiger partial charge in [0.15, 0.2) is 5.13 Å². The van der Waals surface area contributed by atoms with E-state index in [0.717, 1.165) is 20.9 Å². The van der Waals surface area contributed by atoms with E-state index in [0.29, 0.717) is 24.7 Å². The summed E-state index contributed by atoms with van der Waals surface area (Å²) in [6.45, 7) is 3.57. The smallest absolute Gasteiger partial charge is 0.242 e. The number of carbonyl (C=O) groups excluding carboxylic acids is 1. The molecule has 0 aliphatic heterocycles. The van der Waals surface area contributed by atoms with Gasteiger partial charge in [-0.2, -0.15) is 0 Å². The Morgan fingerprint density at radius 1 is 1.20 bits per heavy atom. The number of likely N-dealkylation sites (N-methyl/N-ethyl adjacent to an activating group) is 2. The van der Waals surface area contributed by atoms with Crippen LogP contribution in [-0.4, -0.2) is 35.9 Å². The van der Waals surface area contributed by atoms with Crippen LogP contribution in [0.2, 0.25) is 5.02 Å². The maximum atomic E-state index is 12.7. The SMILES string of the molecule is CCN(C(=O)CN(C)Cc1cccc(Cl)c1)c1nc2ccccc2s1. The first-order chi connectivity index (χ1) is 12.1. The summed E-state index contributed by atoms with van der Waals surface area (Å²) in [4.78, 5) is 21.1. The minimum Gasteiger partial charge on any atom is -0.293 e. The second-order valence-corrected chi connectivity index (χ2v) is 7.35. The molecule has 0 aliphatic carbocycles. The van der Waals surface area contributed by atoms with Gasteiger partial charge in [-0.15, -0.1) is 0 Å². The van der Waals surface area contributed by atoms with Gasteiger partial charge in [0.1, 0.15) is 0 Å². The number of para-hydroxylation sites is 1. The number of benzene rings is 2. The van der Waals surface area contributed by atoms with E-state index in [4.69, 9.17) is 11.6 Å². The van der Waals surface area contributed by atoms with Gasteiger partial charge >= 0.3 is 0 Å². The Hall–Kier alpha value is -1.95. The molecule has 0 spiro atoms. The Labute approximate surface area is 156 Å². The Balaban J connectivity index is 1.69. The van der Waals surface area contributed by atoms with E-state index >= 15 is 0 Å². The standard InChI is InChI=1S/C19H20ClN3OS/c1-3-23(19-21-16-9-4-5-10-17(16)25-19)18(24)13-22(2)12-14-7-6-8-15(20)11-14/h4-11H,3,12-13H2,1-2H3. The maximum Gasteiger partial charge on any atom is 0.242 e. The van der Waals surface area contributed by atoms with Gasteiger partial charge in [0.25, 0.3) is 0 Å². The van der Waals surface area contributed by atoms with Crippen LogP contribution >= 0.6 is 22.9 Å². The fourth-order valence-corrected chi connectivity index (χ4v) is 3.97. The van der Waals surface area contributed by atoms with Crippen LogP contribution in [0.15, 0.2) is 48.5 Å². The summed E-state index contributed by atoms with van der Waals surface area (Å²) < 4.78 is 1.09. The molecule has 1 heterocycles. The lowest BCUT2D eigenvalue weighted by molar-refractivity contribution is -0.119. The molecule has 0 saturated carbocycles. The summed E-state index contributed by atoms with van der Waals surface area (Å²) in [5.74, 6) is 0.0473. The Morgan fingerprint density at radius 3 is 2.72 bits per heavy atom. The van der Waals surface area contributed by atoms with Crippen molar-refractivity contribution >= 4 is 44.2 Å². The third kappa shape index (κ3) is 4.37. The minimum absolute atomic E-state index is 0.0473. The van der Waals surface area contributed by atoms with Gasteiger partial charge in [-0.1, -0.05) is 47.2 Å². The number of halogens is 1. The number of hydrogen-bond acceptors (Lipinski definition) is 4. The predicted molar refractivity (Wildman–Crippen MR) is 105 cm³/mol. The quantitative estimate of drug-likeness (QED) is 0.641. The Kier molecular flexibility index (Phi) is 5.68. The number of thiazole rings is 1. The average Bonchev–Trinajstić information content (AvgIpc) is 2.98. The first kappa shape index (κ1) is 17.9. The van der Waals surface area contributed by atoms with Crippen molar-refractivity contribution in [3.63, 3.8) is 0 Å². The van der Waals surface area contributed by atoms with Crippen molar-refractivity contribution in [1.29, 1.82) is 0 Å². The van der Waals surface area contributed by atoms with Crippen LogP contribution in [0.3, 0.4) is 0 Å². The molecule has 0 aliphatic rings. The molecule has 3 rings (SSSR count). The number of amides is 1. The normalized spacial score (nSPS) is 11.2. The second-order valence-electron chi connectivity index (χ2n) is 5.90. The molecule has 2 aromatic carbocycles. The fraction of sp³-hybridized carbons (Fsp3) is 0.263. The highest BCUT2D eigenvalue weighted by Crippen LogP contribution is 2.28. The van der Waals surface area contributed by atoms with E-state index < -0.39 is 0 Å². The number of hydrogen-bond donors (Lipinski definition) is 0. The molecule has 3 aromatic rings. The summed E-state index contributed by atoms with van der Waals surface area (Å²) in [7, 11) is 1.94. The van der Waals surface area contributed by atoms with Gasteiger partial charge in [0.05, 0.1) is 16.8 Å². The minimum atomic E-state index is 0.0473. The van der Waals surface area contributed by atoms with E-state index in [-0.39, 0.29) is 5.91 Å². The van der Waals surface area contributed by atoms with Crippen molar-refractivity contribution in [3.8, 4) is 0 Å². The number of rotatable bonds is 6. The zero-order valence-corrected chi connectivity index (χ0v) is 15.8. The molecule has 4 nitrogen and oxygen atoms in total. The predicted octanol–water partition coefficient (Wildman–Crippen LogP) is 4.43. The summed E-state index contributed by atoms with van der Waals surface area (Å²) in [5, 5.41) is 1.46. The molecular weight excluding hydrogens is 354 g/mol. The van der Waals surface area contributed by atoms with Crippen molar-refractivity contribution in [3.05, 3.63) is 59.1 Å². The number of nitrogens with zero attached hydrogens (tertiary/aromatic N) is 3. The van der Waals surface area contributed by atoms with E-state index in [1.807, 2.05) is 67.4 Å². The third-order valence-corrected chi connectivity index (χ3v) is 5.17. The highest BCUT2D eigenvalue weighted by molar-refractivity contribution is 7.22. The molecule has 1 amide bonds. The van der Waals surface area contributed by atoms with E-state index in [1.54, 1.807) is 16.2 Å². The summed E-state index contributed by atoms with van der Waals surface area (Å²) in [6, 6.07) is 15.7. The lowest BCUT2D eigenvalue weighted by atomic mass is 10.2. The molecule has 0 bridgehead atoms. The first-order valence-electron chi connectivity index (χ1n) is 8.15. The Morgan fingerprint density at radius 2 is 2.00 bits per heavy atom. The van der Waals surface area contributed by atoms with Gasteiger partial charge in [0, 0.05) is 18.1 Å². The van der Waals surface area contributed by atoms with Crippen LogP contribution in [-0.2, 0) is 11.3 Å². The van der Waals surface area contributed by atoms with Gasteiger partial charge in [-0.25, -0.2) is 4.98 Å². The van der Waals surface area contributed by atoms with Crippen molar-refractivity contribution in [2.75, 3.05) is 25.0 Å². The summed E-state index contributed by atoms with van der Waals surface area (Å²) >= 11 is 7.57. The van der Waals surface area contributed by atoms with E-state index in [9.17, 15) is 4.79 Å². The number of aromatic nitrogens is 1. The molecule has 0 atom stereocenters. The number of anilines is 1. The summed E-state index contributed by atoms with van der Waals surface area (Å²) in [5.41, 5.74) is 2.02. The number of fused-ring (bicyclic) bond motifs is 1. The van der Waals surface area contributed by atoms with Gasteiger partial charge in [0.2, 0.25) is 5.91 Å². The largest absolute Gasteiger partial charge is 0.293 e. The van der Waals surface area contributed by atoms with Crippen LogP contribution < -0.4 is 4.90 Å². The van der Waals surface area contributed by atoms with E-state index in [2.05, 4.69) is 4.98 Å². The van der Waals surface area contributed by atoms with Crippen LogP contribution in [0, 0.1) is 0 Å². The molecule has 0 radical (unpaired) electrons. The first-order valence-corrected chi connectivity index (χ1v) is 9.35.